The fraction of sp³-hybridized carbons (Fsp3) is 0.214. The van der Waals surface area contributed by atoms with E-state index >= 15 is 0 Å². The highest BCUT2D eigenvalue weighted by Crippen LogP contribution is 2.36. The van der Waals surface area contributed by atoms with Gasteiger partial charge in [-0.1, -0.05) is 0 Å². The first-order valence-electron chi connectivity index (χ1n) is 5.89. The predicted molar refractivity (Wildman–Crippen MR) is 85.5 cm³/mol. The molecule has 0 saturated heterocycles. The number of ether oxygens (including phenoxy) is 2. The Balaban J connectivity index is 2.18. The third kappa shape index (κ3) is 3.37. The highest BCUT2D eigenvalue weighted by molar-refractivity contribution is 9.10. The number of thioether (sulfide) groups is 1. The van der Waals surface area contributed by atoms with E-state index in [4.69, 9.17) is 15.2 Å². The SMILES string of the molecule is COc1ccnc(CSc2ccc(N)cc2Br)c1OC. The molecule has 1 aromatic heterocycles. The Hall–Kier alpha value is -1.40. The minimum Gasteiger partial charge on any atom is -0.493 e. The van der Waals surface area contributed by atoms with Crippen LogP contribution in [0.2, 0.25) is 0 Å². The molecular formula is C14H15BrN2O2S. The van der Waals surface area contributed by atoms with Gasteiger partial charge in [0.25, 0.3) is 0 Å². The normalized spacial score (nSPS) is 10.3. The number of nitrogens with two attached hydrogens (primary N) is 1. The molecule has 0 aliphatic heterocycles. The highest BCUT2D eigenvalue weighted by Gasteiger charge is 2.12. The second-order valence-corrected chi connectivity index (χ2v) is 5.84. The third-order valence-corrected chi connectivity index (χ3v) is 4.69. The van der Waals surface area contributed by atoms with Crippen molar-refractivity contribution < 1.29 is 9.47 Å². The molecule has 2 rings (SSSR count). The van der Waals surface area contributed by atoms with Crippen LogP contribution in [0.1, 0.15) is 5.69 Å². The molecule has 0 saturated carbocycles. The lowest BCUT2D eigenvalue weighted by Crippen LogP contribution is -1.97. The fourth-order valence-corrected chi connectivity index (χ4v) is 3.33. The van der Waals surface area contributed by atoms with E-state index in [0.717, 1.165) is 20.7 Å². The van der Waals surface area contributed by atoms with Crippen molar-refractivity contribution in [1.29, 1.82) is 0 Å². The fourth-order valence-electron chi connectivity index (χ4n) is 1.73. The number of halogens is 1. The van der Waals surface area contributed by atoms with E-state index in [1.165, 1.54) is 0 Å². The minimum absolute atomic E-state index is 0.675. The van der Waals surface area contributed by atoms with Crippen LogP contribution in [0.15, 0.2) is 39.8 Å². The summed E-state index contributed by atoms with van der Waals surface area (Å²) < 4.78 is 11.6. The van der Waals surface area contributed by atoms with Crippen molar-refractivity contribution in [2.24, 2.45) is 0 Å². The van der Waals surface area contributed by atoms with Gasteiger partial charge in [-0.3, -0.25) is 4.98 Å². The molecule has 0 bridgehead atoms. The molecule has 20 heavy (non-hydrogen) atoms. The van der Waals surface area contributed by atoms with Crippen molar-refractivity contribution >= 4 is 33.4 Å². The van der Waals surface area contributed by atoms with Crippen LogP contribution in [0.3, 0.4) is 0 Å². The predicted octanol–water partition coefficient (Wildman–Crippen LogP) is 3.74. The highest BCUT2D eigenvalue weighted by atomic mass is 79.9. The van der Waals surface area contributed by atoms with Crippen LogP contribution >= 0.6 is 27.7 Å². The molecular weight excluding hydrogens is 340 g/mol. The summed E-state index contributed by atoms with van der Waals surface area (Å²) in [6.07, 6.45) is 1.72. The van der Waals surface area contributed by atoms with E-state index in [0.29, 0.717) is 17.3 Å². The Morgan fingerprint density at radius 3 is 2.70 bits per heavy atom. The molecule has 106 valence electrons. The summed E-state index contributed by atoms with van der Waals surface area (Å²) in [6, 6.07) is 7.53. The smallest absolute Gasteiger partial charge is 0.183 e. The molecule has 0 aliphatic rings. The van der Waals surface area contributed by atoms with Gasteiger partial charge in [0.2, 0.25) is 0 Å². The maximum absolute atomic E-state index is 5.73. The molecule has 0 unspecified atom stereocenters. The summed E-state index contributed by atoms with van der Waals surface area (Å²) in [7, 11) is 3.23. The van der Waals surface area contributed by atoms with Gasteiger partial charge in [0.05, 0.1) is 19.9 Å². The zero-order valence-electron chi connectivity index (χ0n) is 11.2. The van der Waals surface area contributed by atoms with Gasteiger partial charge in [0, 0.05) is 33.1 Å². The van der Waals surface area contributed by atoms with Gasteiger partial charge in [-0.25, -0.2) is 0 Å². The molecule has 0 radical (unpaired) electrons. The number of nitrogens with zero attached hydrogens (tertiary/aromatic N) is 1. The van der Waals surface area contributed by atoms with E-state index in [2.05, 4.69) is 20.9 Å². The molecule has 2 N–H and O–H groups in total. The molecule has 0 spiro atoms. The van der Waals surface area contributed by atoms with Crippen molar-refractivity contribution in [1.82, 2.24) is 4.98 Å². The number of rotatable bonds is 5. The second-order valence-electron chi connectivity index (χ2n) is 3.97. The minimum atomic E-state index is 0.675. The first kappa shape index (κ1) is 15.0. The Morgan fingerprint density at radius 2 is 2.05 bits per heavy atom. The van der Waals surface area contributed by atoms with Crippen LogP contribution in [0, 0.1) is 0 Å². The standard InChI is InChI=1S/C14H15BrN2O2S/c1-18-12-5-6-17-11(14(12)19-2)8-20-13-4-3-9(16)7-10(13)15/h3-7H,8,16H2,1-2H3. The summed E-state index contributed by atoms with van der Waals surface area (Å²) >= 11 is 5.16. The zero-order valence-corrected chi connectivity index (χ0v) is 13.6. The zero-order chi connectivity index (χ0) is 14.5. The lowest BCUT2D eigenvalue weighted by Gasteiger charge is -2.11. The molecule has 1 heterocycles. The van der Waals surface area contributed by atoms with E-state index in [9.17, 15) is 0 Å². The molecule has 0 aliphatic carbocycles. The van der Waals surface area contributed by atoms with Crippen LogP contribution in [0.4, 0.5) is 5.69 Å². The van der Waals surface area contributed by atoms with Crippen LogP contribution in [-0.4, -0.2) is 19.2 Å². The third-order valence-electron chi connectivity index (χ3n) is 2.69. The first-order chi connectivity index (χ1) is 9.65. The molecule has 4 nitrogen and oxygen atoms in total. The Bertz CT molecular complexity index is 608. The van der Waals surface area contributed by atoms with Crippen LogP contribution in [-0.2, 0) is 5.75 Å². The van der Waals surface area contributed by atoms with E-state index in [-0.39, 0.29) is 0 Å². The first-order valence-corrected chi connectivity index (χ1v) is 7.67. The number of nitrogen functional groups attached to an aromatic ring is 1. The maximum atomic E-state index is 5.73. The number of aromatic nitrogens is 1. The second kappa shape index (κ2) is 6.85. The number of anilines is 1. The molecule has 0 atom stereocenters. The molecule has 0 amide bonds. The lowest BCUT2D eigenvalue weighted by atomic mass is 10.3. The van der Waals surface area contributed by atoms with Crippen molar-refractivity contribution in [2.75, 3.05) is 20.0 Å². The number of pyridine rings is 1. The van der Waals surface area contributed by atoms with E-state index in [1.807, 2.05) is 18.2 Å². The summed E-state index contributed by atoms with van der Waals surface area (Å²) in [6.45, 7) is 0. The van der Waals surface area contributed by atoms with Crippen molar-refractivity contribution in [3.05, 3.63) is 40.6 Å². The summed E-state index contributed by atoms with van der Waals surface area (Å²) in [5.74, 6) is 2.05. The van der Waals surface area contributed by atoms with Crippen LogP contribution < -0.4 is 15.2 Å². The summed E-state index contributed by atoms with van der Waals surface area (Å²) in [5, 5.41) is 0. The Kier molecular flexibility index (Phi) is 5.14. The van der Waals surface area contributed by atoms with Crippen LogP contribution in [0.5, 0.6) is 11.5 Å². The van der Waals surface area contributed by atoms with Gasteiger partial charge in [0.1, 0.15) is 0 Å². The number of hydrogen-bond donors (Lipinski definition) is 1. The lowest BCUT2D eigenvalue weighted by molar-refractivity contribution is 0.350. The van der Waals surface area contributed by atoms with Gasteiger partial charge in [0.15, 0.2) is 11.5 Å². The van der Waals surface area contributed by atoms with Gasteiger partial charge in [-0.15, -0.1) is 11.8 Å². The van der Waals surface area contributed by atoms with Gasteiger partial charge in [-0.05, 0) is 34.1 Å². The summed E-state index contributed by atoms with van der Waals surface area (Å²) in [4.78, 5) is 5.46. The largest absolute Gasteiger partial charge is 0.493 e. The average Bonchev–Trinajstić information content (AvgIpc) is 2.45. The topological polar surface area (TPSA) is 57.4 Å². The average molecular weight is 355 g/mol. The monoisotopic (exact) mass is 354 g/mol. The van der Waals surface area contributed by atoms with Crippen LogP contribution in [0.25, 0.3) is 0 Å². The number of methoxy groups -OCH3 is 2. The maximum Gasteiger partial charge on any atom is 0.183 e. The van der Waals surface area contributed by atoms with Gasteiger partial charge in [-0.2, -0.15) is 0 Å². The van der Waals surface area contributed by atoms with E-state index in [1.54, 1.807) is 38.2 Å². The Morgan fingerprint density at radius 1 is 1.25 bits per heavy atom. The Labute approximate surface area is 130 Å². The number of benzene rings is 1. The quantitative estimate of drug-likeness (QED) is 0.654. The number of hydrogen-bond acceptors (Lipinski definition) is 5. The van der Waals surface area contributed by atoms with Crippen molar-refractivity contribution in [2.45, 2.75) is 10.6 Å². The van der Waals surface area contributed by atoms with Crippen molar-refractivity contribution in [3.63, 3.8) is 0 Å². The molecule has 2 aromatic rings. The molecule has 6 heteroatoms. The summed E-state index contributed by atoms with van der Waals surface area (Å²) in [5.41, 5.74) is 7.31. The molecule has 0 fully saturated rings. The van der Waals surface area contributed by atoms with Gasteiger partial charge >= 0.3 is 0 Å². The molecule has 1 aromatic carbocycles. The van der Waals surface area contributed by atoms with Crippen molar-refractivity contribution in [3.8, 4) is 11.5 Å². The van der Waals surface area contributed by atoms with Gasteiger partial charge < -0.3 is 15.2 Å². The van der Waals surface area contributed by atoms with E-state index < -0.39 is 0 Å².